The van der Waals surface area contributed by atoms with Crippen LogP contribution < -0.4 is 4.90 Å². The summed E-state index contributed by atoms with van der Waals surface area (Å²) in [7, 11) is 1.33. The lowest BCUT2D eigenvalue weighted by molar-refractivity contribution is -0.125. The van der Waals surface area contributed by atoms with E-state index in [0.29, 0.717) is 18.8 Å². The summed E-state index contributed by atoms with van der Waals surface area (Å²) in [6.07, 6.45) is 0. The molecule has 0 spiro atoms. The van der Waals surface area contributed by atoms with Gasteiger partial charge in [0.15, 0.2) is 0 Å². The molecule has 0 atom stereocenters. The monoisotopic (exact) mass is 309 g/mol. The molecule has 8 heteroatoms. The van der Waals surface area contributed by atoms with Gasteiger partial charge in [-0.3, -0.25) is 4.79 Å². The lowest BCUT2D eigenvalue weighted by atomic mass is 10.2. The molecule has 1 heterocycles. The number of benzene rings is 1. The van der Waals surface area contributed by atoms with Crippen molar-refractivity contribution < 1.29 is 17.9 Å². The molecular formula is C10H9Cl2NO4S. The number of morpholine rings is 1. The Morgan fingerprint density at radius 1 is 1.33 bits per heavy atom. The van der Waals surface area contributed by atoms with Gasteiger partial charge in [-0.25, -0.2) is 8.42 Å². The molecule has 98 valence electrons. The molecule has 2 rings (SSSR count). The molecular weight excluding hydrogens is 301 g/mol. The number of amides is 1. The quantitative estimate of drug-likeness (QED) is 0.779. The molecule has 1 saturated heterocycles. The molecule has 0 aliphatic carbocycles. The van der Waals surface area contributed by atoms with E-state index in [1.54, 1.807) is 6.07 Å². The number of ether oxygens (including phenoxy) is 1. The fourth-order valence-electron chi connectivity index (χ4n) is 1.67. The highest BCUT2D eigenvalue weighted by Crippen LogP contribution is 2.34. The zero-order valence-corrected chi connectivity index (χ0v) is 11.4. The number of carbonyl (C=O) groups is 1. The van der Waals surface area contributed by atoms with Crippen LogP contribution in [-0.4, -0.2) is 34.1 Å². The van der Waals surface area contributed by atoms with Gasteiger partial charge < -0.3 is 9.64 Å². The third-order valence-corrected chi connectivity index (χ3v) is 4.36. The van der Waals surface area contributed by atoms with Gasteiger partial charge in [0, 0.05) is 17.2 Å². The van der Waals surface area contributed by atoms with Crippen molar-refractivity contribution in [2.75, 3.05) is 24.7 Å². The number of nitrogens with zero attached hydrogens (tertiary/aromatic N) is 1. The first-order valence-corrected chi connectivity index (χ1v) is 7.71. The van der Waals surface area contributed by atoms with Gasteiger partial charge in [-0.2, -0.15) is 0 Å². The topological polar surface area (TPSA) is 63.7 Å². The number of rotatable bonds is 2. The van der Waals surface area contributed by atoms with Crippen molar-refractivity contribution in [3.63, 3.8) is 0 Å². The third-order valence-electron chi connectivity index (χ3n) is 2.48. The Balaban J connectivity index is 2.49. The minimum atomic E-state index is -3.94. The summed E-state index contributed by atoms with van der Waals surface area (Å²) in [6.45, 7) is 0.651. The average molecular weight is 310 g/mol. The second-order valence-electron chi connectivity index (χ2n) is 3.63. The van der Waals surface area contributed by atoms with E-state index in [0.717, 1.165) is 0 Å². The molecule has 0 unspecified atom stereocenters. The van der Waals surface area contributed by atoms with Crippen LogP contribution >= 0.6 is 22.3 Å². The number of anilines is 1. The van der Waals surface area contributed by atoms with Gasteiger partial charge in [0.1, 0.15) is 11.5 Å². The first kappa shape index (κ1) is 13.6. The van der Waals surface area contributed by atoms with Crippen molar-refractivity contribution in [1.82, 2.24) is 0 Å². The molecule has 1 aliphatic rings. The van der Waals surface area contributed by atoms with Crippen LogP contribution in [0.25, 0.3) is 0 Å². The Bertz CT molecular complexity index is 588. The van der Waals surface area contributed by atoms with Gasteiger partial charge in [-0.15, -0.1) is 0 Å². The van der Waals surface area contributed by atoms with E-state index in [2.05, 4.69) is 0 Å². The Hall–Kier alpha value is -0.820. The third kappa shape index (κ3) is 2.61. The van der Waals surface area contributed by atoms with E-state index in [1.165, 1.54) is 17.0 Å². The SMILES string of the molecule is O=C1COCCN1c1cccc(S(=O)(=O)Cl)c1Cl. The fraction of sp³-hybridized carbons (Fsp3) is 0.300. The molecule has 1 aliphatic heterocycles. The maximum atomic E-state index is 11.7. The van der Waals surface area contributed by atoms with Crippen LogP contribution in [-0.2, 0) is 18.6 Å². The minimum absolute atomic E-state index is 0.0474. The molecule has 1 aromatic rings. The highest BCUT2D eigenvalue weighted by atomic mass is 35.7. The van der Waals surface area contributed by atoms with Crippen LogP contribution in [0.1, 0.15) is 0 Å². The van der Waals surface area contributed by atoms with Crippen molar-refractivity contribution in [2.45, 2.75) is 4.90 Å². The molecule has 18 heavy (non-hydrogen) atoms. The second kappa shape index (κ2) is 5.05. The largest absolute Gasteiger partial charge is 0.370 e. The van der Waals surface area contributed by atoms with Crippen molar-refractivity contribution in [3.05, 3.63) is 23.2 Å². The highest BCUT2D eigenvalue weighted by Gasteiger charge is 2.25. The van der Waals surface area contributed by atoms with E-state index in [-0.39, 0.29) is 22.4 Å². The van der Waals surface area contributed by atoms with Crippen LogP contribution in [0.2, 0.25) is 5.02 Å². The number of halogens is 2. The maximum Gasteiger partial charge on any atom is 0.262 e. The van der Waals surface area contributed by atoms with Gasteiger partial charge in [-0.1, -0.05) is 17.7 Å². The Kier molecular flexibility index (Phi) is 3.82. The Morgan fingerprint density at radius 3 is 2.67 bits per heavy atom. The lowest BCUT2D eigenvalue weighted by Crippen LogP contribution is -2.41. The van der Waals surface area contributed by atoms with Gasteiger partial charge in [0.2, 0.25) is 0 Å². The van der Waals surface area contributed by atoms with E-state index >= 15 is 0 Å². The van der Waals surface area contributed by atoms with Gasteiger partial charge in [0.25, 0.3) is 15.0 Å². The molecule has 0 bridgehead atoms. The number of hydrogen-bond donors (Lipinski definition) is 0. The first-order chi connectivity index (χ1) is 8.41. The molecule has 0 N–H and O–H groups in total. The minimum Gasteiger partial charge on any atom is -0.370 e. The summed E-state index contributed by atoms with van der Waals surface area (Å²) in [5, 5.41) is -0.0530. The summed E-state index contributed by atoms with van der Waals surface area (Å²) >= 11 is 5.99. The molecule has 1 fully saturated rings. The zero-order chi connectivity index (χ0) is 13.3. The first-order valence-electron chi connectivity index (χ1n) is 5.02. The van der Waals surface area contributed by atoms with E-state index in [1.807, 2.05) is 0 Å². The summed E-state index contributed by atoms with van der Waals surface area (Å²) in [4.78, 5) is 12.8. The van der Waals surface area contributed by atoms with Crippen LogP contribution in [0.3, 0.4) is 0 Å². The summed E-state index contributed by atoms with van der Waals surface area (Å²) in [5.74, 6) is -0.271. The zero-order valence-electron chi connectivity index (χ0n) is 9.10. The Morgan fingerprint density at radius 2 is 2.06 bits per heavy atom. The van der Waals surface area contributed by atoms with Crippen molar-refractivity contribution in [3.8, 4) is 0 Å². The van der Waals surface area contributed by atoms with Crippen LogP contribution in [0.4, 0.5) is 5.69 Å². The van der Waals surface area contributed by atoms with E-state index in [9.17, 15) is 13.2 Å². The molecule has 1 aromatic carbocycles. The van der Waals surface area contributed by atoms with E-state index in [4.69, 9.17) is 27.0 Å². The van der Waals surface area contributed by atoms with Crippen LogP contribution in [0, 0.1) is 0 Å². The average Bonchev–Trinajstić information content (AvgIpc) is 2.29. The predicted molar refractivity (Wildman–Crippen MR) is 67.7 cm³/mol. The second-order valence-corrected chi connectivity index (χ2v) is 6.54. The number of hydrogen-bond acceptors (Lipinski definition) is 4. The number of carbonyl (C=O) groups excluding carboxylic acids is 1. The molecule has 0 radical (unpaired) electrons. The van der Waals surface area contributed by atoms with Gasteiger partial charge in [0.05, 0.1) is 17.3 Å². The Labute approximate surface area is 114 Å². The van der Waals surface area contributed by atoms with Crippen molar-refractivity contribution in [2.24, 2.45) is 0 Å². The van der Waals surface area contributed by atoms with Gasteiger partial charge in [-0.05, 0) is 12.1 Å². The van der Waals surface area contributed by atoms with Crippen LogP contribution in [0.5, 0.6) is 0 Å². The standard InChI is InChI=1S/C10H9Cl2NO4S/c11-10-7(13-4-5-17-6-9(13)14)2-1-3-8(10)18(12,15)16/h1-3H,4-6H2. The van der Waals surface area contributed by atoms with Crippen LogP contribution in [0.15, 0.2) is 23.1 Å². The fourth-order valence-corrected chi connectivity index (χ4v) is 3.27. The lowest BCUT2D eigenvalue weighted by Gasteiger charge is -2.27. The van der Waals surface area contributed by atoms with Crippen molar-refractivity contribution >= 4 is 42.9 Å². The molecule has 0 aromatic heterocycles. The normalized spacial score (nSPS) is 17.0. The highest BCUT2D eigenvalue weighted by molar-refractivity contribution is 8.13. The van der Waals surface area contributed by atoms with E-state index < -0.39 is 9.05 Å². The molecule has 1 amide bonds. The summed E-state index contributed by atoms with van der Waals surface area (Å²) in [6, 6.07) is 4.34. The van der Waals surface area contributed by atoms with Gasteiger partial charge >= 0.3 is 0 Å². The molecule has 0 saturated carbocycles. The van der Waals surface area contributed by atoms with Crippen molar-refractivity contribution in [1.29, 1.82) is 0 Å². The summed E-state index contributed by atoms with van der Waals surface area (Å²) < 4.78 is 27.6. The summed E-state index contributed by atoms with van der Waals surface area (Å²) in [5.41, 5.74) is 0.326. The maximum absolute atomic E-state index is 11.7. The predicted octanol–water partition coefficient (Wildman–Crippen LogP) is 1.63. The molecule has 5 nitrogen and oxygen atoms in total. The smallest absolute Gasteiger partial charge is 0.262 e.